The maximum absolute atomic E-state index is 14.1. The Hall–Kier alpha value is -2.49. The van der Waals surface area contributed by atoms with Crippen molar-refractivity contribution in [2.24, 2.45) is 7.05 Å². The highest BCUT2D eigenvalue weighted by Crippen LogP contribution is 2.36. The van der Waals surface area contributed by atoms with Crippen LogP contribution in [0.2, 0.25) is 5.04 Å². The molecule has 2 aromatic carbocycles. The van der Waals surface area contributed by atoms with Crippen molar-refractivity contribution in [3.8, 4) is 0 Å². The van der Waals surface area contributed by atoms with Crippen molar-refractivity contribution in [1.82, 2.24) is 8.95 Å². The van der Waals surface area contributed by atoms with Crippen molar-refractivity contribution in [2.75, 3.05) is 6.61 Å². The molecule has 2 N–H and O–H groups in total. The third-order valence-electron chi connectivity index (χ3n) is 6.11. The lowest BCUT2D eigenvalue weighted by atomic mass is 10.2. The number of aryl methyl sites for hydroxylation is 1. The number of hydrogen-bond acceptors (Lipinski definition) is 4. The molecule has 0 bridgehead atoms. The van der Waals surface area contributed by atoms with E-state index in [9.17, 15) is 13.5 Å². The van der Waals surface area contributed by atoms with Crippen LogP contribution in [0.25, 0.3) is 6.08 Å². The summed E-state index contributed by atoms with van der Waals surface area (Å²) in [5.74, 6) is 0. The van der Waals surface area contributed by atoms with Crippen molar-refractivity contribution in [3.63, 3.8) is 0 Å². The van der Waals surface area contributed by atoms with E-state index in [-0.39, 0.29) is 11.5 Å². The molecule has 0 aliphatic rings. The number of aliphatic hydroxyl groups is 1. The highest BCUT2D eigenvalue weighted by Gasteiger charge is 2.51. The second-order valence-corrected chi connectivity index (χ2v) is 15.7. The number of nitrogens with one attached hydrogen (secondary N) is 1. The van der Waals surface area contributed by atoms with Gasteiger partial charge < -0.3 is 14.4 Å². The summed E-state index contributed by atoms with van der Waals surface area (Å²) >= 11 is 0. The molecular weight excluding hydrogens is 464 g/mol. The Kier molecular flexibility index (Phi) is 7.69. The number of sulfonamides is 1. The van der Waals surface area contributed by atoms with Gasteiger partial charge in [0.2, 0.25) is 18.3 Å². The summed E-state index contributed by atoms with van der Waals surface area (Å²) in [6.45, 7) is 12.1. The molecule has 0 radical (unpaired) electrons. The van der Waals surface area contributed by atoms with Gasteiger partial charge in [0.15, 0.2) is 6.29 Å². The SMILES string of the molecule is C=Cc1c(S(=O)(=O)N[Si](c2ccccc2)(c2ccccc2)C(C)(C)C)cn(C)c1C(O)OCC. The molecule has 1 atom stereocenters. The molecule has 1 aromatic heterocycles. The molecule has 0 fully saturated rings. The molecule has 0 aliphatic carbocycles. The Morgan fingerprint density at radius 2 is 1.59 bits per heavy atom. The second kappa shape index (κ2) is 10.0. The number of nitrogens with zero attached hydrogens (tertiary/aromatic N) is 1. The first kappa shape index (κ1) is 26.1. The van der Waals surface area contributed by atoms with Crippen LogP contribution in [0.3, 0.4) is 0 Å². The van der Waals surface area contributed by atoms with Gasteiger partial charge in [-0.1, -0.05) is 94.1 Å². The molecule has 0 saturated heterocycles. The van der Waals surface area contributed by atoms with E-state index in [1.807, 2.05) is 60.7 Å². The van der Waals surface area contributed by atoms with Crippen LogP contribution in [0.5, 0.6) is 0 Å². The summed E-state index contributed by atoms with van der Waals surface area (Å²) in [5.41, 5.74) is 0.675. The fourth-order valence-corrected chi connectivity index (χ4v) is 13.0. The van der Waals surface area contributed by atoms with Gasteiger partial charge in [-0.25, -0.2) is 12.8 Å². The van der Waals surface area contributed by atoms with E-state index in [4.69, 9.17) is 4.74 Å². The molecule has 1 unspecified atom stereocenters. The summed E-state index contributed by atoms with van der Waals surface area (Å²) < 4.78 is 38.4. The first-order valence-electron chi connectivity index (χ1n) is 11.3. The Labute approximate surface area is 204 Å². The quantitative estimate of drug-likeness (QED) is 0.349. The molecule has 3 rings (SSSR count). The van der Waals surface area contributed by atoms with Crippen LogP contribution >= 0.6 is 0 Å². The fourth-order valence-electron chi connectivity index (χ4n) is 4.53. The summed E-state index contributed by atoms with van der Waals surface area (Å²) in [7, 11) is -5.48. The lowest BCUT2D eigenvalue weighted by Gasteiger charge is -2.43. The van der Waals surface area contributed by atoms with Crippen LogP contribution < -0.4 is 14.8 Å². The molecule has 182 valence electrons. The molecule has 1 heterocycles. The van der Waals surface area contributed by atoms with Crippen LogP contribution in [0.4, 0.5) is 0 Å². The number of benzene rings is 2. The van der Waals surface area contributed by atoms with Crippen molar-refractivity contribution in [2.45, 2.75) is 43.9 Å². The van der Waals surface area contributed by atoms with Gasteiger partial charge in [-0.3, -0.25) is 0 Å². The standard InChI is InChI=1S/C26H34N2O4SSi/c1-7-22-23(19-28(6)24(22)25(29)32-8-2)33(30,31)27-34(26(3,4)5,20-15-11-9-12-16-20)21-17-13-10-14-18-21/h7,9-19,25,27,29H,1,8H2,2-6H3. The zero-order valence-electron chi connectivity index (χ0n) is 20.4. The third-order valence-corrected chi connectivity index (χ3v) is 14.0. The van der Waals surface area contributed by atoms with Crippen molar-refractivity contribution in [1.29, 1.82) is 0 Å². The zero-order chi connectivity index (χ0) is 25.1. The molecule has 0 saturated carbocycles. The first-order chi connectivity index (χ1) is 16.0. The predicted octanol–water partition coefficient (Wildman–Crippen LogP) is 3.53. The molecule has 0 amide bonds. The zero-order valence-corrected chi connectivity index (χ0v) is 22.3. The number of rotatable bonds is 9. The molecule has 3 aromatic rings. The Bertz CT molecular complexity index is 1190. The number of aliphatic hydroxyl groups excluding tert-OH is 1. The van der Waals surface area contributed by atoms with Gasteiger partial charge in [-0.2, -0.15) is 0 Å². The number of hydrogen-bond donors (Lipinski definition) is 2. The van der Waals surface area contributed by atoms with E-state index in [2.05, 4.69) is 31.7 Å². The van der Waals surface area contributed by atoms with Gasteiger partial charge in [-0.05, 0) is 22.3 Å². The van der Waals surface area contributed by atoms with Crippen molar-refractivity contribution < 1.29 is 18.3 Å². The maximum atomic E-state index is 14.1. The van der Waals surface area contributed by atoms with Crippen LogP contribution in [-0.2, 0) is 21.8 Å². The van der Waals surface area contributed by atoms with Crippen molar-refractivity contribution >= 4 is 34.7 Å². The van der Waals surface area contributed by atoms with Gasteiger partial charge in [0, 0.05) is 25.4 Å². The predicted molar refractivity (Wildman–Crippen MR) is 140 cm³/mol. The highest BCUT2D eigenvalue weighted by molar-refractivity contribution is 7.91. The van der Waals surface area contributed by atoms with Gasteiger partial charge in [0.1, 0.15) is 4.90 Å². The monoisotopic (exact) mass is 498 g/mol. The van der Waals surface area contributed by atoms with Crippen LogP contribution in [0.1, 0.15) is 45.2 Å². The molecular formula is C26H34N2O4SSi. The molecule has 6 nitrogen and oxygen atoms in total. The first-order valence-corrected chi connectivity index (χ1v) is 14.7. The average Bonchev–Trinajstić information content (AvgIpc) is 3.15. The molecule has 8 heteroatoms. The highest BCUT2D eigenvalue weighted by atomic mass is 32.2. The Morgan fingerprint density at radius 1 is 1.09 bits per heavy atom. The van der Waals surface area contributed by atoms with E-state index >= 15 is 0 Å². The van der Waals surface area contributed by atoms with E-state index in [1.165, 1.54) is 12.3 Å². The molecule has 34 heavy (non-hydrogen) atoms. The lowest BCUT2D eigenvalue weighted by Crippen LogP contribution is -2.74. The number of ether oxygens (including phenoxy) is 1. The van der Waals surface area contributed by atoms with Crippen LogP contribution in [0.15, 0.2) is 78.3 Å². The topological polar surface area (TPSA) is 80.6 Å². The van der Waals surface area contributed by atoms with E-state index < -0.39 is 29.6 Å². The van der Waals surface area contributed by atoms with Crippen LogP contribution in [-0.4, -0.2) is 32.9 Å². The maximum Gasteiger partial charge on any atom is 0.237 e. The number of aromatic nitrogens is 1. The summed E-state index contributed by atoms with van der Waals surface area (Å²) in [5, 5.41) is 12.0. The van der Waals surface area contributed by atoms with Crippen LogP contribution in [0, 0.1) is 0 Å². The lowest BCUT2D eigenvalue weighted by molar-refractivity contribution is -0.102. The largest absolute Gasteiger partial charge is 0.363 e. The minimum absolute atomic E-state index is 0.0618. The van der Waals surface area contributed by atoms with Gasteiger partial charge in [-0.15, -0.1) is 0 Å². The van der Waals surface area contributed by atoms with E-state index in [0.29, 0.717) is 11.3 Å². The molecule has 0 spiro atoms. The second-order valence-electron chi connectivity index (χ2n) is 9.25. The summed E-state index contributed by atoms with van der Waals surface area (Å²) in [6, 6.07) is 19.6. The minimum atomic E-state index is -4.04. The van der Waals surface area contributed by atoms with Gasteiger partial charge in [0.25, 0.3) is 0 Å². The smallest absolute Gasteiger partial charge is 0.237 e. The van der Waals surface area contributed by atoms with E-state index in [1.54, 1.807) is 18.5 Å². The normalized spacial score (nSPS) is 13.6. The Morgan fingerprint density at radius 3 is 2.00 bits per heavy atom. The Balaban J connectivity index is 2.28. The summed E-state index contributed by atoms with van der Waals surface area (Å²) in [6.07, 6.45) is 1.70. The fraction of sp³-hybridized carbons (Fsp3) is 0.308. The third kappa shape index (κ3) is 4.69. The minimum Gasteiger partial charge on any atom is -0.363 e. The van der Waals surface area contributed by atoms with Crippen molar-refractivity contribution in [3.05, 3.63) is 84.7 Å². The van der Waals surface area contributed by atoms with E-state index in [0.717, 1.165) is 10.4 Å². The summed E-state index contributed by atoms with van der Waals surface area (Å²) in [4.78, 5) is 0.0618. The van der Waals surface area contributed by atoms with Gasteiger partial charge in [0.05, 0.1) is 5.69 Å². The average molecular weight is 499 g/mol. The molecule has 0 aliphatic heterocycles. The van der Waals surface area contributed by atoms with Gasteiger partial charge >= 0.3 is 0 Å².